The zero-order chi connectivity index (χ0) is 28.3. The smallest absolute Gasteiger partial charge is 0.257 e. The van der Waals surface area contributed by atoms with E-state index in [-0.39, 0.29) is 12.5 Å². The molecule has 40 heavy (non-hydrogen) atoms. The minimum absolute atomic E-state index is 0.0104. The van der Waals surface area contributed by atoms with E-state index in [1.807, 2.05) is 87.5 Å². The molecule has 4 aromatic rings. The van der Waals surface area contributed by atoms with E-state index < -0.39 is 0 Å². The Morgan fingerprint density at radius 1 is 0.975 bits per heavy atom. The summed E-state index contributed by atoms with van der Waals surface area (Å²) in [6.45, 7) is 7.87. The Bertz CT molecular complexity index is 1460. The largest absolute Gasteiger partial charge is 0.493 e. The van der Waals surface area contributed by atoms with Gasteiger partial charge in [0.1, 0.15) is 11.6 Å². The monoisotopic (exact) mass is 541 g/mol. The standard InChI is InChI=1S/C33H39N3O4/c1-5-10-26-15-16-29(31(22-26)38-4)39-20-9-8-19-36-28-12-7-6-11-27(28)35-32(36)17-18-34-33(37)23-40-30-21-24(2)13-14-25(30)3/h5-7,10-16,21-22H,8-9,17-20,23H2,1-4H3,(H,34,37)/b10-5+. The van der Waals surface area contributed by atoms with Crippen LogP contribution in [-0.2, 0) is 17.8 Å². The summed E-state index contributed by atoms with van der Waals surface area (Å²) >= 11 is 0. The van der Waals surface area contributed by atoms with Crippen molar-refractivity contribution < 1.29 is 19.0 Å². The predicted molar refractivity (Wildman–Crippen MR) is 160 cm³/mol. The number of methoxy groups -OCH3 is 1. The fourth-order valence-corrected chi connectivity index (χ4v) is 4.59. The van der Waals surface area contributed by atoms with Crippen molar-refractivity contribution in [2.75, 3.05) is 26.9 Å². The predicted octanol–water partition coefficient (Wildman–Crippen LogP) is 6.29. The van der Waals surface area contributed by atoms with E-state index in [1.165, 1.54) is 0 Å². The number of nitrogens with zero attached hydrogens (tertiary/aromatic N) is 2. The first kappa shape index (κ1) is 28.7. The maximum absolute atomic E-state index is 12.4. The van der Waals surface area contributed by atoms with Crippen LogP contribution in [0, 0.1) is 13.8 Å². The first-order chi connectivity index (χ1) is 19.5. The third-order valence-corrected chi connectivity index (χ3v) is 6.69. The van der Waals surface area contributed by atoms with Crippen molar-refractivity contribution in [3.8, 4) is 17.2 Å². The Hall–Kier alpha value is -4.26. The number of para-hydroxylation sites is 2. The van der Waals surface area contributed by atoms with Crippen LogP contribution in [0.2, 0.25) is 0 Å². The highest BCUT2D eigenvalue weighted by Crippen LogP contribution is 2.29. The third kappa shape index (κ3) is 7.65. The molecule has 210 valence electrons. The summed E-state index contributed by atoms with van der Waals surface area (Å²) in [5, 5.41) is 2.97. The molecule has 0 aliphatic heterocycles. The molecule has 0 spiro atoms. The molecular weight excluding hydrogens is 502 g/mol. The van der Waals surface area contributed by atoms with Gasteiger partial charge in [-0.15, -0.1) is 0 Å². The number of hydrogen-bond donors (Lipinski definition) is 1. The highest BCUT2D eigenvalue weighted by molar-refractivity contribution is 5.78. The minimum Gasteiger partial charge on any atom is -0.493 e. The number of rotatable bonds is 14. The van der Waals surface area contributed by atoms with Crippen LogP contribution < -0.4 is 19.5 Å². The number of benzene rings is 3. The maximum atomic E-state index is 12.4. The lowest BCUT2D eigenvalue weighted by molar-refractivity contribution is -0.123. The number of fused-ring (bicyclic) bond motifs is 1. The van der Waals surface area contributed by atoms with E-state index in [4.69, 9.17) is 19.2 Å². The number of carbonyl (C=O) groups excluding carboxylic acids is 1. The van der Waals surface area contributed by atoms with Gasteiger partial charge < -0.3 is 24.1 Å². The average molecular weight is 542 g/mol. The number of aryl methyl sites for hydroxylation is 3. The molecular formula is C33H39N3O4. The number of nitrogens with one attached hydrogen (secondary N) is 1. The van der Waals surface area contributed by atoms with Crippen LogP contribution in [0.5, 0.6) is 17.2 Å². The van der Waals surface area contributed by atoms with Gasteiger partial charge in [0.05, 0.1) is 24.8 Å². The summed E-state index contributed by atoms with van der Waals surface area (Å²) < 4.78 is 19.5. The highest BCUT2D eigenvalue weighted by atomic mass is 16.5. The zero-order valence-electron chi connectivity index (χ0n) is 23.9. The molecule has 0 bridgehead atoms. The van der Waals surface area contributed by atoms with Gasteiger partial charge in [0.25, 0.3) is 5.91 Å². The summed E-state index contributed by atoms with van der Waals surface area (Å²) in [5.41, 5.74) is 5.26. The van der Waals surface area contributed by atoms with Crippen LogP contribution in [-0.4, -0.2) is 42.3 Å². The molecule has 0 unspecified atom stereocenters. The van der Waals surface area contributed by atoms with Gasteiger partial charge in [0.15, 0.2) is 18.1 Å². The van der Waals surface area contributed by atoms with Crippen molar-refractivity contribution in [1.29, 1.82) is 0 Å². The summed E-state index contributed by atoms with van der Waals surface area (Å²) in [7, 11) is 1.66. The van der Waals surface area contributed by atoms with Gasteiger partial charge in [0, 0.05) is 19.5 Å². The van der Waals surface area contributed by atoms with Gasteiger partial charge in [-0.05, 0) is 80.6 Å². The molecule has 7 heteroatoms. The Balaban J connectivity index is 1.28. The van der Waals surface area contributed by atoms with Gasteiger partial charge in [-0.3, -0.25) is 4.79 Å². The van der Waals surface area contributed by atoms with E-state index in [9.17, 15) is 4.79 Å². The normalized spacial score (nSPS) is 11.2. The van der Waals surface area contributed by atoms with Gasteiger partial charge in [0.2, 0.25) is 0 Å². The molecule has 4 rings (SSSR count). The maximum Gasteiger partial charge on any atom is 0.257 e. The molecule has 0 radical (unpaired) electrons. The van der Waals surface area contributed by atoms with Crippen molar-refractivity contribution in [2.45, 2.75) is 46.6 Å². The SMILES string of the molecule is C/C=C/c1ccc(OCCCCn2c(CCNC(=O)COc3cc(C)ccc3C)nc3ccccc32)c(OC)c1. The molecule has 1 N–H and O–H groups in total. The number of unbranched alkanes of at least 4 members (excludes halogenated alkanes) is 1. The number of amides is 1. The van der Waals surface area contributed by atoms with Crippen LogP contribution in [0.3, 0.4) is 0 Å². The van der Waals surface area contributed by atoms with Gasteiger partial charge >= 0.3 is 0 Å². The first-order valence-corrected chi connectivity index (χ1v) is 13.8. The lowest BCUT2D eigenvalue weighted by Crippen LogP contribution is -2.31. The van der Waals surface area contributed by atoms with Gasteiger partial charge in [-0.25, -0.2) is 4.98 Å². The van der Waals surface area contributed by atoms with Crippen LogP contribution in [0.4, 0.5) is 0 Å². The van der Waals surface area contributed by atoms with Crippen molar-refractivity contribution in [3.63, 3.8) is 0 Å². The van der Waals surface area contributed by atoms with E-state index in [2.05, 4.69) is 16.0 Å². The van der Waals surface area contributed by atoms with E-state index >= 15 is 0 Å². The van der Waals surface area contributed by atoms with Crippen molar-refractivity contribution in [3.05, 3.63) is 89.3 Å². The third-order valence-electron chi connectivity index (χ3n) is 6.69. The topological polar surface area (TPSA) is 74.6 Å². The molecule has 0 aliphatic rings. The van der Waals surface area contributed by atoms with Crippen molar-refractivity contribution in [1.82, 2.24) is 14.9 Å². The second-order valence-electron chi connectivity index (χ2n) is 9.79. The zero-order valence-corrected chi connectivity index (χ0v) is 23.9. The number of carbonyl (C=O) groups is 1. The quantitative estimate of drug-likeness (QED) is 0.190. The lowest BCUT2D eigenvalue weighted by atomic mass is 10.1. The lowest BCUT2D eigenvalue weighted by Gasteiger charge is -2.13. The first-order valence-electron chi connectivity index (χ1n) is 13.8. The van der Waals surface area contributed by atoms with Crippen LogP contribution in [0.15, 0.2) is 66.7 Å². The van der Waals surface area contributed by atoms with Crippen LogP contribution in [0.25, 0.3) is 17.1 Å². The molecule has 0 saturated carbocycles. The van der Waals surface area contributed by atoms with Gasteiger partial charge in [-0.2, -0.15) is 0 Å². The van der Waals surface area contributed by atoms with E-state index in [1.54, 1.807) is 7.11 Å². The number of aromatic nitrogens is 2. The van der Waals surface area contributed by atoms with E-state index in [0.717, 1.165) is 70.2 Å². The van der Waals surface area contributed by atoms with Crippen LogP contribution in [0.1, 0.15) is 42.3 Å². The second kappa shape index (κ2) is 14.2. The molecule has 3 aromatic carbocycles. The summed E-state index contributed by atoms with van der Waals surface area (Å²) in [4.78, 5) is 17.3. The molecule has 0 aliphatic carbocycles. The number of ether oxygens (including phenoxy) is 3. The summed E-state index contributed by atoms with van der Waals surface area (Å²) in [5.74, 6) is 3.04. The number of hydrogen-bond acceptors (Lipinski definition) is 5. The molecule has 1 heterocycles. The highest BCUT2D eigenvalue weighted by Gasteiger charge is 2.12. The Kier molecular flexibility index (Phi) is 10.2. The average Bonchev–Trinajstić information content (AvgIpc) is 3.31. The fourth-order valence-electron chi connectivity index (χ4n) is 4.59. The Morgan fingerprint density at radius 3 is 2.65 bits per heavy atom. The fraction of sp³-hybridized carbons (Fsp3) is 0.333. The number of allylic oxidation sites excluding steroid dienone is 1. The van der Waals surface area contributed by atoms with E-state index in [0.29, 0.717) is 19.6 Å². The molecule has 0 saturated heterocycles. The molecule has 1 aromatic heterocycles. The van der Waals surface area contributed by atoms with Crippen molar-refractivity contribution >= 4 is 23.0 Å². The van der Waals surface area contributed by atoms with Crippen molar-refractivity contribution in [2.24, 2.45) is 0 Å². The number of imidazole rings is 1. The molecule has 0 fully saturated rings. The molecule has 0 atom stereocenters. The summed E-state index contributed by atoms with van der Waals surface area (Å²) in [6.07, 6.45) is 6.49. The molecule has 7 nitrogen and oxygen atoms in total. The van der Waals surface area contributed by atoms with Crippen LogP contribution >= 0.6 is 0 Å². The Labute approximate surface area is 236 Å². The molecule has 1 amide bonds. The minimum atomic E-state index is -0.144. The second-order valence-corrected chi connectivity index (χ2v) is 9.79. The Morgan fingerprint density at radius 2 is 1.82 bits per heavy atom. The van der Waals surface area contributed by atoms with Gasteiger partial charge in [-0.1, -0.05) is 42.5 Å². The summed E-state index contributed by atoms with van der Waals surface area (Å²) in [6, 6.07) is 20.1.